The molecule has 2 aliphatic heterocycles. The summed E-state index contributed by atoms with van der Waals surface area (Å²) < 4.78 is 5.47. The van der Waals surface area contributed by atoms with Gasteiger partial charge in [-0.3, -0.25) is 0 Å². The summed E-state index contributed by atoms with van der Waals surface area (Å²) >= 11 is 0. The molecule has 0 aromatic carbocycles. The van der Waals surface area contributed by atoms with Crippen molar-refractivity contribution in [3.05, 3.63) is 12.7 Å². The second-order valence-electron chi connectivity index (χ2n) is 6.27. The van der Waals surface area contributed by atoms with Gasteiger partial charge in [-0.1, -0.05) is 0 Å². The third-order valence-electron chi connectivity index (χ3n) is 4.69. The van der Waals surface area contributed by atoms with Crippen molar-refractivity contribution in [2.45, 2.75) is 25.3 Å². The van der Waals surface area contributed by atoms with Crippen molar-refractivity contribution < 1.29 is 4.74 Å². The van der Waals surface area contributed by atoms with Crippen molar-refractivity contribution >= 4 is 17.0 Å². The van der Waals surface area contributed by atoms with E-state index in [4.69, 9.17) is 4.74 Å². The SMILES string of the molecule is c1nc(NC2CCN(CC3CCOC3)CC2)c2[nH]cnc2n1. The minimum absolute atomic E-state index is 0.470. The van der Waals surface area contributed by atoms with E-state index in [1.54, 1.807) is 12.7 Å². The van der Waals surface area contributed by atoms with Gasteiger partial charge < -0.3 is 19.9 Å². The molecule has 0 amide bonds. The average Bonchev–Trinajstić information content (AvgIpc) is 3.21. The van der Waals surface area contributed by atoms with Crippen LogP contribution in [0.2, 0.25) is 0 Å². The highest BCUT2D eigenvalue weighted by molar-refractivity contribution is 5.82. The number of likely N-dealkylation sites (tertiary alicyclic amines) is 1. The van der Waals surface area contributed by atoms with Crippen LogP contribution in [0.4, 0.5) is 5.82 Å². The van der Waals surface area contributed by atoms with Gasteiger partial charge in [0.2, 0.25) is 0 Å². The molecular formula is C15H22N6O. The topological polar surface area (TPSA) is 79.0 Å². The Bertz CT molecular complexity index is 615. The van der Waals surface area contributed by atoms with Crippen LogP contribution in [0.15, 0.2) is 12.7 Å². The third kappa shape index (κ3) is 2.91. The second-order valence-corrected chi connectivity index (χ2v) is 6.27. The molecule has 4 rings (SSSR count). The summed E-state index contributed by atoms with van der Waals surface area (Å²) in [4.78, 5) is 18.4. The molecule has 4 heterocycles. The zero-order valence-corrected chi connectivity index (χ0v) is 12.7. The van der Waals surface area contributed by atoms with E-state index in [-0.39, 0.29) is 0 Å². The second kappa shape index (κ2) is 6.18. The predicted octanol–water partition coefficient (Wildman–Crippen LogP) is 1.27. The number of aromatic nitrogens is 4. The molecule has 2 fully saturated rings. The van der Waals surface area contributed by atoms with Gasteiger partial charge in [0.25, 0.3) is 0 Å². The number of rotatable bonds is 4. The van der Waals surface area contributed by atoms with Gasteiger partial charge in [0.05, 0.1) is 12.9 Å². The summed E-state index contributed by atoms with van der Waals surface area (Å²) in [6.45, 7) is 5.36. The molecule has 0 spiro atoms. The molecule has 2 aromatic heterocycles. The first-order valence-corrected chi connectivity index (χ1v) is 8.09. The predicted molar refractivity (Wildman–Crippen MR) is 83.7 cm³/mol. The fourth-order valence-corrected chi connectivity index (χ4v) is 3.42. The number of aromatic amines is 1. The lowest BCUT2D eigenvalue weighted by molar-refractivity contribution is 0.154. The number of piperidine rings is 1. The quantitative estimate of drug-likeness (QED) is 0.885. The number of H-pyrrole nitrogens is 1. The highest BCUT2D eigenvalue weighted by Crippen LogP contribution is 2.21. The fraction of sp³-hybridized carbons (Fsp3) is 0.667. The van der Waals surface area contributed by atoms with Crippen LogP contribution >= 0.6 is 0 Å². The molecule has 2 N–H and O–H groups in total. The van der Waals surface area contributed by atoms with Crippen molar-refractivity contribution in [3.63, 3.8) is 0 Å². The molecule has 0 saturated carbocycles. The molecule has 0 aliphatic carbocycles. The third-order valence-corrected chi connectivity index (χ3v) is 4.69. The number of hydrogen-bond acceptors (Lipinski definition) is 6. The Kier molecular flexibility index (Phi) is 3.90. The van der Waals surface area contributed by atoms with E-state index in [1.807, 2.05) is 0 Å². The lowest BCUT2D eigenvalue weighted by Crippen LogP contribution is -2.41. The average molecular weight is 302 g/mol. The van der Waals surface area contributed by atoms with E-state index in [1.165, 1.54) is 13.0 Å². The van der Waals surface area contributed by atoms with Crippen LogP contribution < -0.4 is 5.32 Å². The summed E-state index contributed by atoms with van der Waals surface area (Å²) in [6, 6.07) is 0.470. The molecule has 1 atom stereocenters. The standard InChI is InChI=1S/C15H22N6O/c1-4-21(7-11-3-6-22-8-11)5-2-12(1)20-15-13-14(17-9-16-13)18-10-19-15/h9-12H,1-8H2,(H2,16,17,18,19,20). The first kappa shape index (κ1) is 13.9. The molecular weight excluding hydrogens is 280 g/mol. The van der Waals surface area contributed by atoms with Crippen LogP contribution in [0.3, 0.4) is 0 Å². The molecule has 1 unspecified atom stereocenters. The summed E-state index contributed by atoms with van der Waals surface area (Å²) in [5, 5.41) is 3.55. The summed E-state index contributed by atoms with van der Waals surface area (Å²) in [7, 11) is 0. The van der Waals surface area contributed by atoms with E-state index in [0.29, 0.717) is 6.04 Å². The van der Waals surface area contributed by atoms with Gasteiger partial charge in [-0.05, 0) is 25.2 Å². The summed E-state index contributed by atoms with van der Waals surface area (Å²) in [6.07, 6.45) is 6.74. The Morgan fingerprint density at radius 2 is 2.14 bits per heavy atom. The number of ether oxygens (including phenoxy) is 1. The van der Waals surface area contributed by atoms with Gasteiger partial charge >= 0.3 is 0 Å². The van der Waals surface area contributed by atoms with Gasteiger partial charge in [-0.15, -0.1) is 0 Å². The zero-order chi connectivity index (χ0) is 14.8. The van der Waals surface area contributed by atoms with Gasteiger partial charge in [0.15, 0.2) is 11.5 Å². The molecule has 22 heavy (non-hydrogen) atoms. The molecule has 2 aromatic rings. The maximum atomic E-state index is 5.47. The van der Waals surface area contributed by atoms with Crippen LogP contribution in [0.25, 0.3) is 11.2 Å². The molecule has 7 nitrogen and oxygen atoms in total. The number of hydrogen-bond donors (Lipinski definition) is 2. The minimum atomic E-state index is 0.470. The first-order valence-electron chi connectivity index (χ1n) is 8.09. The molecule has 118 valence electrons. The molecule has 0 radical (unpaired) electrons. The molecule has 2 aliphatic rings. The highest BCUT2D eigenvalue weighted by atomic mass is 16.5. The van der Waals surface area contributed by atoms with Crippen molar-refractivity contribution in [2.24, 2.45) is 5.92 Å². The fourth-order valence-electron chi connectivity index (χ4n) is 3.42. The Labute approximate surface area is 129 Å². The lowest BCUT2D eigenvalue weighted by Gasteiger charge is -2.33. The van der Waals surface area contributed by atoms with Gasteiger partial charge in [-0.25, -0.2) is 15.0 Å². The van der Waals surface area contributed by atoms with E-state index < -0.39 is 0 Å². The Hall–Kier alpha value is -1.73. The number of fused-ring (bicyclic) bond motifs is 1. The summed E-state index contributed by atoms with van der Waals surface area (Å²) in [5.41, 5.74) is 1.62. The Morgan fingerprint density at radius 3 is 2.95 bits per heavy atom. The van der Waals surface area contributed by atoms with Crippen LogP contribution in [0, 0.1) is 5.92 Å². The van der Waals surface area contributed by atoms with E-state index in [9.17, 15) is 0 Å². The van der Waals surface area contributed by atoms with Gasteiger partial charge in [0, 0.05) is 32.3 Å². The zero-order valence-electron chi connectivity index (χ0n) is 12.7. The number of anilines is 1. The van der Waals surface area contributed by atoms with E-state index in [2.05, 4.69) is 30.2 Å². The molecule has 0 bridgehead atoms. The maximum absolute atomic E-state index is 5.47. The molecule has 7 heteroatoms. The summed E-state index contributed by atoms with van der Waals surface area (Å²) in [5.74, 6) is 1.60. The Morgan fingerprint density at radius 1 is 1.23 bits per heavy atom. The number of nitrogens with one attached hydrogen (secondary N) is 2. The van der Waals surface area contributed by atoms with Crippen molar-refractivity contribution in [1.82, 2.24) is 24.8 Å². The van der Waals surface area contributed by atoms with Gasteiger partial charge in [0.1, 0.15) is 11.8 Å². The Balaban J connectivity index is 1.33. The maximum Gasteiger partial charge on any atom is 0.182 e. The number of imidazole rings is 1. The molecule has 2 saturated heterocycles. The van der Waals surface area contributed by atoms with Crippen LogP contribution in [0.1, 0.15) is 19.3 Å². The monoisotopic (exact) mass is 302 g/mol. The van der Waals surface area contributed by atoms with Crippen LogP contribution in [0.5, 0.6) is 0 Å². The normalized spacial score (nSPS) is 24.1. The smallest absolute Gasteiger partial charge is 0.182 e. The number of nitrogens with zero attached hydrogens (tertiary/aromatic N) is 4. The minimum Gasteiger partial charge on any atom is -0.381 e. The van der Waals surface area contributed by atoms with Crippen molar-refractivity contribution in [3.8, 4) is 0 Å². The van der Waals surface area contributed by atoms with E-state index >= 15 is 0 Å². The van der Waals surface area contributed by atoms with Gasteiger partial charge in [-0.2, -0.15) is 0 Å². The first-order chi connectivity index (χ1) is 10.9. The highest BCUT2D eigenvalue weighted by Gasteiger charge is 2.24. The van der Waals surface area contributed by atoms with Crippen molar-refractivity contribution in [1.29, 1.82) is 0 Å². The van der Waals surface area contributed by atoms with Crippen LogP contribution in [-0.4, -0.2) is 63.7 Å². The van der Waals surface area contributed by atoms with E-state index in [0.717, 1.165) is 62.0 Å². The van der Waals surface area contributed by atoms with Crippen molar-refractivity contribution in [2.75, 3.05) is 38.2 Å². The lowest BCUT2D eigenvalue weighted by atomic mass is 10.0. The largest absolute Gasteiger partial charge is 0.381 e. The van der Waals surface area contributed by atoms with Crippen LogP contribution in [-0.2, 0) is 4.74 Å².